The molecule has 1 rings (SSSR count). The highest BCUT2D eigenvalue weighted by molar-refractivity contribution is 5.00. The summed E-state index contributed by atoms with van der Waals surface area (Å²) in [6.45, 7) is 7.65. The minimum atomic E-state index is 0.113. The number of aryl methyl sites for hydroxylation is 1. The molecule has 0 aliphatic heterocycles. The molecule has 0 saturated carbocycles. The van der Waals surface area contributed by atoms with Crippen molar-refractivity contribution < 1.29 is 0 Å². The van der Waals surface area contributed by atoms with Gasteiger partial charge < -0.3 is 10.2 Å². The van der Waals surface area contributed by atoms with Gasteiger partial charge in [-0.15, -0.1) is 0 Å². The molecule has 0 spiro atoms. The fraction of sp³-hybridized carbons (Fsp3) is 0.846. The summed E-state index contributed by atoms with van der Waals surface area (Å²) < 4.78 is 1.86. The quantitative estimate of drug-likeness (QED) is 0.789. The second kappa shape index (κ2) is 6.29. The molecule has 0 saturated heterocycles. The highest BCUT2D eigenvalue weighted by atomic mass is 15.3. The van der Waals surface area contributed by atoms with Crippen LogP contribution in [0.2, 0.25) is 0 Å². The number of aromatic nitrogens is 3. The van der Waals surface area contributed by atoms with Crippen molar-refractivity contribution in [2.75, 3.05) is 20.6 Å². The molecule has 2 unspecified atom stereocenters. The maximum absolute atomic E-state index is 4.34. The molecule has 2 atom stereocenters. The lowest BCUT2D eigenvalue weighted by Gasteiger charge is -2.43. The van der Waals surface area contributed by atoms with E-state index < -0.39 is 0 Å². The third-order valence-electron chi connectivity index (χ3n) is 4.13. The Morgan fingerprint density at radius 3 is 2.50 bits per heavy atom. The second-order valence-electron chi connectivity index (χ2n) is 5.22. The summed E-state index contributed by atoms with van der Waals surface area (Å²) in [5.74, 6) is 1.03. The lowest BCUT2D eigenvalue weighted by molar-refractivity contribution is 0.112. The molecular formula is C13H27N5. The highest BCUT2D eigenvalue weighted by Crippen LogP contribution is 2.23. The zero-order valence-electron chi connectivity index (χ0n) is 12.6. The van der Waals surface area contributed by atoms with E-state index in [0.717, 1.165) is 25.2 Å². The molecule has 0 aliphatic rings. The molecule has 18 heavy (non-hydrogen) atoms. The van der Waals surface area contributed by atoms with Gasteiger partial charge in [-0.05, 0) is 34.0 Å². The predicted octanol–water partition coefficient (Wildman–Crippen LogP) is 1.07. The van der Waals surface area contributed by atoms with E-state index in [4.69, 9.17) is 0 Å². The molecule has 1 aromatic rings. The fourth-order valence-electron chi connectivity index (χ4n) is 2.32. The van der Waals surface area contributed by atoms with Crippen LogP contribution in [0, 0.1) is 0 Å². The van der Waals surface area contributed by atoms with Crippen LogP contribution in [0.15, 0.2) is 6.33 Å². The Labute approximate surface area is 111 Å². The predicted molar refractivity (Wildman–Crippen MR) is 74.6 cm³/mol. The average molecular weight is 253 g/mol. The largest absolute Gasteiger partial charge is 0.312 e. The Bertz CT molecular complexity index is 360. The average Bonchev–Trinajstić information content (AvgIpc) is 2.73. The Morgan fingerprint density at radius 1 is 1.44 bits per heavy atom. The molecule has 1 aromatic heterocycles. The second-order valence-corrected chi connectivity index (χ2v) is 5.22. The number of rotatable bonds is 7. The summed E-state index contributed by atoms with van der Waals surface area (Å²) in [6, 6.07) is 0.366. The smallest absolute Gasteiger partial charge is 0.138 e. The monoisotopic (exact) mass is 253 g/mol. The Balaban J connectivity index is 2.91. The maximum Gasteiger partial charge on any atom is 0.138 e. The summed E-state index contributed by atoms with van der Waals surface area (Å²) in [5.41, 5.74) is 0.113. The zero-order valence-corrected chi connectivity index (χ0v) is 12.6. The van der Waals surface area contributed by atoms with Gasteiger partial charge in [0.05, 0.1) is 0 Å². The van der Waals surface area contributed by atoms with E-state index in [1.54, 1.807) is 6.33 Å². The molecule has 104 valence electrons. The van der Waals surface area contributed by atoms with Crippen LogP contribution in [0.1, 0.15) is 33.0 Å². The van der Waals surface area contributed by atoms with Crippen molar-refractivity contribution in [1.29, 1.82) is 0 Å². The molecule has 0 bridgehead atoms. The Morgan fingerprint density at radius 2 is 2.11 bits per heavy atom. The van der Waals surface area contributed by atoms with Crippen LogP contribution in [0.4, 0.5) is 0 Å². The van der Waals surface area contributed by atoms with Gasteiger partial charge in [0.15, 0.2) is 0 Å². The minimum Gasteiger partial charge on any atom is -0.312 e. The normalized spacial score (nSPS) is 16.8. The van der Waals surface area contributed by atoms with Crippen LogP contribution >= 0.6 is 0 Å². The van der Waals surface area contributed by atoms with Crippen molar-refractivity contribution in [2.24, 2.45) is 7.05 Å². The molecular weight excluding hydrogens is 226 g/mol. The van der Waals surface area contributed by atoms with Gasteiger partial charge in [-0.1, -0.05) is 13.8 Å². The van der Waals surface area contributed by atoms with Crippen LogP contribution in [0.5, 0.6) is 0 Å². The van der Waals surface area contributed by atoms with E-state index in [-0.39, 0.29) is 5.54 Å². The first-order valence-corrected chi connectivity index (χ1v) is 6.69. The lowest BCUT2D eigenvalue weighted by Crippen LogP contribution is -2.58. The zero-order chi connectivity index (χ0) is 13.8. The molecule has 1 N–H and O–H groups in total. The maximum atomic E-state index is 4.34. The van der Waals surface area contributed by atoms with Crippen LogP contribution in [0.25, 0.3) is 0 Å². The molecule has 0 amide bonds. The molecule has 0 radical (unpaired) electrons. The Hall–Kier alpha value is -0.940. The van der Waals surface area contributed by atoms with Crippen molar-refractivity contribution in [2.45, 2.75) is 45.2 Å². The fourth-order valence-corrected chi connectivity index (χ4v) is 2.32. The van der Waals surface area contributed by atoms with E-state index in [9.17, 15) is 0 Å². The van der Waals surface area contributed by atoms with E-state index in [0.29, 0.717) is 6.04 Å². The van der Waals surface area contributed by atoms with Gasteiger partial charge in [-0.25, -0.2) is 4.98 Å². The SMILES string of the molecule is CCNC(Cc1ncnn1C)C(C)(CC)N(C)C. The van der Waals surface area contributed by atoms with Gasteiger partial charge >= 0.3 is 0 Å². The van der Waals surface area contributed by atoms with Gasteiger partial charge in [-0.3, -0.25) is 4.68 Å². The van der Waals surface area contributed by atoms with Gasteiger partial charge in [0, 0.05) is 25.0 Å². The van der Waals surface area contributed by atoms with Crippen LogP contribution in [-0.4, -0.2) is 51.9 Å². The van der Waals surface area contributed by atoms with Crippen LogP contribution < -0.4 is 5.32 Å². The third-order valence-corrected chi connectivity index (χ3v) is 4.13. The molecule has 0 fully saturated rings. The van der Waals surface area contributed by atoms with Crippen LogP contribution in [-0.2, 0) is 13.5 Å². The summed E-state index contributed by atoms with van der Waals surface area (Å²) >= 11 is 0. The topological polar surface area (TPSA) is 46.0 Å². The summed E-state index contributed by atoms with van der Waals surface area (Å²) in [7, 11) is 6.24. The highest BCUT2D eigenvalue weighted by Gasteiger charge is 2.34. The standard InChI is InChI=1S/C13H27N5/c1-7-13(3,17(4)5)11(14-8-2)9-12-15-10-16-18(12)6/h10-11,14H,7-9H2,1-6H3. The van der Waals surface area contributed by atoms with Crippen molar-refractivity contribution in [3.63, 3.8) is 0 Å². The van der Waals surface area contributed by atoms with Gasteiger partial charge in [0.25, 0.3) is 0 Å². The van der Waals surface area contributed by atoms with Gasteiger partial charge in [-0.2, -0.15) is 5.10 Å². The van der Waals surface area contributed by atoms with Crippen molar-refractivity contribution in [3.05, 3.63) is 12.2 Å². The number of hydrogen-bond acceptors (Lipinski definition) is 4. The molecule has 5 heteroatoms. The lowest BCUT2D eigenvalue weighted by atomic mass is 9.85. The molecule has 0 aliphatic carbocycles. The van der Waals surface area contributed by atoms with Crippen molar-refractivity contribution in [3.8, 4) is 0 Å². The molecule has 5 nitrogen and oxygen atoms in total. The first-order valence-electron chi connectivity index (χ1n) is 6.69. The summed E-state index contributed by atoms with van der Waals surface area (Å²) in [5, 5.41) is 7.74. The van der Waals surface area contributed by atoms with Gasteiger partial charge in [0.1, 0.15) is 12.2 Å². The van der Waals surface area contributed by atoms with Gasteiger partial charge in [0.2, 0.25) is 0 Å². The summed E-state index contributed by atoms with van der Waals surface area (Å²) in [6.07, 6.45) is 3.61. The minimum absolute atomic E-state index is 0.113. The Kier molecular flexibility index (Phi) is 5.28. The van der Waals surface area contributed by atoms with Crippen LogP contribution in [0.3, 0.4) is 0 Å². The van der Waals surface area contributed by atoms with E-state index in [1.165, 1.54) is 0 Å². The third kappa shape index (κ3) is 3.09. The number of likely N-dealkylation sites (N-methyl/N-ethyl adjacent to an activating group) is 2. The number of nitrogens with one attached hydrogen (secondary N) is 1. The molecule has 1 heterocycles. The first-order chi connectivity index (χ1) is 8.45. The van der Waals surface area contributed by atoms with Crippen molar-refractivity contribution in [1.82, 2.24) is 25.0 Å². The number of hydrogen-bond donors (Lipinski definition) is 1. The summed E-state index contributed by atoms with van der Waals surface area (Å²) in [4.78, 5) is 6.64. The van der Waals surface area contributed by atoms with E-state index >= 15 is 0 Å². The van der Waals surface area contributed by atoms with Crippen molar-refractivity contribution >= 4 is 0 Å². The van der Waals surface area contributed by atoms with E-state index in [2.05, 4.69) is 55.2 Å². The number of nitrogens with zero attached hydrogens (tertiary/aromatic N) is 4. The van der Waals surface area contributed by atoms with E-state index in [1.807, 2.05) is 11.7 Å². The first kappa shape index (κ1) is 15.1. The molecule has 0 aromatic carbocycles.